The summed E-state index contributed by atoms with van der Waals surface area (Å²) in [5, 5.41) is 3.75. The monoisotopic (exact) mass is 238 g/mol. The molecule has 0 amide bonds. The molecule has 2 nitrogen and oxygen atoms in total. The van der Waals surface area contributed by atoms with E-state index in [0.717, 1.165) is 18.0 Å². The molecule has 2 atom stereocenters. The van der Waals surface area contributed by atoms with E-state index in [4.69, 9.17) is 0 Å². The molecule has 2 heteroatoms. The lowest BCUT2D eigenvalue weighted by Gasteiger charge is -2.45. The molecule has 1 heterocycles. The lowest BCUT2D eigenvalue weighted by molar-refractivity contribution is 0.0561. The van der Waals surface area contributed by atoms with Crippen LogP contribution in [-0.4, -0.2) is 36.6 Å². The van der Waals surface area contributed by atoms with Crippen molar-refractivity contribution in [1.29, 1.82) is 0 Å². The number of nitrogens with one attached hydrogen (secondary N) is 1. The molecule has 100 valence electrons. The minimum absolute atomic E-state index is 0.765. The van der Waals surface area contributed by atoms with Crippen LogP contribution in [0.2, 0.25) is 0 Å². The largest absolute Gasteiger partial charge is 0.313 e. The number of nitrogens with zero attached hydrogens (tertiary/aromatic N) is 1. The van der Waals surface area contributed by atoms with Gasteiger partial charge in [-0.25, -0.2) is 0 Å². The first-order valence-corrected chi connectivity index (χ1v) is 7.80. The summed E-state index contributed by atoms with van der Waals surface area (Å²) in [5.41, 5.74) is 0. The molecule has 0 bridgehead atoms. The summed E-state index contributed by atoms with van der Waals surface area (Å²) in [5.74, 6) is 0.948. The molecular formula is C15H30N2. The summed E-state index contributed by atoms with van der Waals surface area (Å²) < 4.78 is 0. The van der Waals surface area contributed by atoms with E-state index in [1.807, 2.05) is 0 Å². The van der Waals surface area contributed by atoms with Crippen molar-refractivity contribution in [2.45, 2.75) is 70.9 Å². The van der Waals surface area contributed by atoms with Crippen molar-refractivity contribution in [3.05, 3.63) is 0 Å². The van der Waals surface area contributed by atoms with Gasteiger partial charge in [-0.2, -0.15) is 0 Å². The van der Waals surface area contributed by atoms with E-state index in [-0.39, 0.29) is 0 Å². The van der Waals surface area contributed by atoms with Crippen LogP contribution in [0.15, 0.2) is 0 Å². The van der Waals surface area contributed by atoms with Gasteiger partial charge in [0.05, 0.1) is 0 Å². The molecule has 1 aliphatic carbocycles. The van der Waals surface area contributed by atoms with Gasteiger partial charge in [0, 0.05) is 25.2 Å². The highest BCUT2D eigenvalue weighted by Gasteiger charge is 2.32. The van der Waals surface area contributed by atoms with Gasteiger partial charge in [-0.1, -0.05) is 26.7 Å². The van der Waals surface area contributed by atoms with Gasteiger partial charge < -0.3 is 5.32 Å². The lowest BCUT2D eigenvalue weighted by atomic mass is 9.85. The lowest BCUT2D eigenvalue weighted by Crippen LogP contribution is -2.54. The smallest absolute Gasteiger partial charge is 0.0198 e. The van der Waals surface area contributed by atoms with Crippen LogP contribution in [0.5, 0.6) is 0 Å². The maximum Gasteiger partial charge on any atom is 0.0198 e. The van der Waals surface area contributed by atoms with Crippen molar-refractivity contribution in [3.8, 4) is 0 Å². The van der Waals surface area contributed by atoms with E-state index in [1.165, 1.54) is 64.6 Å². The first-order valence-electron chi connectivity index (χ1n) is 7.80. The van der Waals surface area contributed by atoms with Crippen LogP contribution >= 0.6 is 0 Å². The zero-order chi connectivity index (χ0) is 12.1. The quantitative estimate of drug-likeness (QED) is 0.765. The molecule has 1 aliphatic heterocycles. The van der Waals surface area contributed by atoms with Crippen LogP contribution in [0.25, 0.3) is 0 Å². The number of hydrogen-bond donors (Lipinski definition) is 1. The van der Waals surface area contributed by atoms with Crippen molar-refractivity contribution in [1.82, 2.24) is 10.2 Å². The predicted molar refractivity (Wildman–Crippen MR) is 74.3 cm³/mol. The third-order valence-corrected chi connectivity index (χ3v) is 4.54. The molecule has 0 spiro atoms. The Morgan fingerprint density at radius 1 is 1.12 bits per heavy atom. The number of piperidine rings is 1. The molecule has 1 saturated carbocycles. The summed E-state index contributed by atoms with van der Waals surface area (Å²) in [7, 11) is 0. The molecule has 2 rings (SSSR count). The normalized spacial score (nSPS) is 31.4. The molecule has 2 unspecified atom stereocenters. The Bertz CT molecular complexity index is 213. The highest BCUT2D eigenvalue weighted by atomic mass is 15.2. The first kappa shape index (κ1) is 13.4. The Morgan fingerprint density at radius 3 is 2.53 bits per heavy atom. The highest BCUT2D eigenvalue weighted by molar-refractivity contribution is 4.89. The van der Waals surface area contributed by atoms with Crippen LogP contribution in [0.4, 0.5) is 0 Å². The molecule has 1 saturated heterocycles. The van der Waals surface area contributed by atoms with Crippen LogP contribution in [0, 0.1) is 5.92 Å². The molecule has 0 aromatic rings. The topological polar surface area (TPSA) is 15.3 Å². The second-order valence-corrected chi connectivity index (χ2v) is 6.08. The van der Waals surface area contributed by atoms with Crippen molar-refractivity contribution in [2.24, 2.45) is 5.92 Å². The van der Waals surface area contributed by atoms with Crippen LogP contribution in [0.1, 0.15) is 58.8 Å². The van der Waals surface area contributed by atoms with Crippen molar-refractivity contribution in [2.75, 3.05) is 19.6 Å². The van der Waals surface area contributed by atoms with E-state index in [2.05, 4.69) is 24.1 Å². The first-order chi connectivity index (χ1) is 8.33. The van der Waals surface area contributed by atoms with Gasteiger partial charge in [0.2, 0.25) is 0 Å². The number of hydrogen-bond acceptors (Lipinski definition) is 2. The second-order valence-electron chi connectivity index (χ2n) is 6.08. The molecule has 0 radical (unpaired) electrons. The molecule has 0 aromatic heterocycles. The summed E-state index contributed by atoms with van der Waals surface area (Å²) in [4.78, 5) is 2.79. The van der Waals surface area contributed by atoms with Gasteiger partial charge >= 0.3 is 0 Å². The van der Waals surface area contributed by atoms with E-state index < -0.39 is 0 Å². The zero-order valence-corrected chi connectivity index (χ0v) is 11.8. The third kappa shape index (κ3) is 3.69. The van der Waals surface area contributed by atoms with Gasteiger partial charge in [-0.05, 0) is 44.6 Å². The van der Waals surface area contributed by atoms with Gasteiger partial charge in [0.15, 0.2) is 0 Å². The standard InChI is InChI=1S/C15H30N2/c1-3-6-13-10-14(16-9-4-2)12-17(11-13)15-7-5-8-15/h13-16H,3-12H2,1-2H3. The molecule has 2 fully saturated rings. The fourth-order valence-corrected chi connectivity index (χ4v) is 3.40. The Hall–Kier alpha value is -0.0800. The van der Waals surface area contributed by atoms with Crippen molar-refractivity contribution < 1.29 is 0 Å². The summed E-state index contributed by atoms with van der Waals surface area (Å²) >= 11 is 0. The fourth-order valence-electron chi connectivity index (χ4n) is 3.40. The number of rotatable bonds is 6. The summed E-state index contributed by atoms with van der Waals surface area (Å²) in [6.45, 7) is 8.48. The van der Waals surface area contributed by atoms with Crippen LogP contribution in [0.3, 0.4) is 0 Å². The molecule has 0 aromatic carbocycles. The van der Waals surface area contributed by atoms with Crippen LogP contribution in [-0.2, 0) is 0 Å². The van der Waals surface area contributed by atoms with E-state index in [0.29, 0.717) is 0 Å². The van der Waals surface area contributed by atoms with Crippen molar-refractivity contribution in [3.63, 3.8) is 0 Å². The van der Waals surface area contributed by atoms with E-state index >= 15 is 0 Å². The fraction of sp³-hybridized carbons (Fsp3) is 1.00. The van der Waals surface area contributed by atoms with Crippen molar-refractivity contribution >= 4 is 0 Å². The number of likely N-dealkylation sites (tertiary alicyclic amines) is 1. The van der Waals surface area contributed by atoms with E-state index in [9.17, 15) is 0 Å². The Kier molecular flexibility index (Phi) is 5.30. The Labute approximate surface area is 107 Å². The highest BCUT2D eigenvalue weighted by Crippen LogP contribution is 2.30. The van der Waals surface area contributed by atoms with Gasteiger partial charge in [0.25, 0.3) is 0 Å². The Balaban J connectivity index is 1.84. The third-order valence-electron chi connectivity index (χ3n) is 4.54. The predicted octanol–water partition coefficient (Wildman–Crippen LogP) is 3.03. The van der Waals surface area contributed by atoms with Gasteiger partial charge in [-0.15, -0.1) is 0 Å². The summed E-state index contributed by atoms with van der Waals surface area (Å²) in [6, 6.07) is 1.70. The molecule has 17 heavy (non-hydrogen) atoms. The minimum atomic E-state index is 0.765. The minimum Gasteiger partial charge on any atom is -0.313 e. The molecular weight excluding hydrogens is 208 g/mol. The van der Waals surface area contributed by atoms with Crippen LogP contribution < -0.4 is 5.32 Å². The summed E-state index contributed by atoms with van der Waals surface area (Å²) in [6.07, 6.45) is 9.83. The second kappa shape index (κ2) is 6.75. The average Bonchev–Trinajstić information content (AvgIpc) is 2.24. The average molecular weight is 238 g/mol. The Morgan fingerprint density at radius 2 is 1.94 bits per heavy atom. The zero-order valence-electron chi connectivity index (χ0n) is 11.8. The molecule has 1 N–H and O–H groups in total. The SMILES string of the molecule is CCCNC1CC(CCC)CN(C2CCC2)C1. The van der Waals surface area contributed by atoms with Gasteiger partial charge in [0.1, 0.15) is 0 Å². The van der Waals surface area contributed by atoms with E-state index in [1.54, 1.807) is 0 Å². The maximum absolute atomic E-state index is 3.75. The molecule has 2 aliphatic rings. The van der Waals surface area contributed by atoms with Gasteiger partial charge in [-0.3, -0.25) is 4.90 Å². The maximum atomic E-state index is 3.75.